The van der Waals surface area contributed by atoms with Crippen LogP contribution in [0, 0.1) is 0 Å². The number of carbonyl (C=O) groups is 2. The summed E-state index contributed by atoms with van der Waals surface area (Å²) in [6.07, 6.45) is 3.55. The lowest BCUT2D eigenvalue weighted by Crippen LogP contribution is -3.16. The lowest BCUT2D eigenvalue weighted by Gasteiger charge is -2.34. The van der Waals surface area contributed by atoms with Crippen LogP contribution in [0.5, 0.6) is 5.75 Å². The minimum absolute atomic E-state index is 0.303. The van der Waals surface area contributed by atoms with Gasteiger partial charge >= 0.3 is 12.0 Å². The van der Waals surface area contributed by atoms with Crippen LogP contribution in [0.25, 0.3) is 0 Å². The quantitative estimate of drug-likeness (QED) is 0.670. The molecule has 1 unspecified atom stereocenters. The number of rotatable bonds is 5. The number of esters is 1. The molecule has 2 aliphatic heterocycles. The maximum Gasteiger partial charge on any atom is 0.338 e. The Morgan fingerprint density at radius 3 is 2.59 bits per heavy atom. The molecule has 7 nitrogen and oxygen atoms in total. The third-order valence-electron chi connectivity index (χ3n) is 5.49. The van der Waals surface area contributed by atoms with Crippen molar-refractivity contribution in [3.63, 3.8) is 0 Å². The Morgan fingerprint density at radius 1 is 1.22 bits per heavy atom. The van der Waals surface area contributed by atoms with E-state index in [1.165, 1.54) is 18.4 Å². The van der Waals surface area contributed by atoms with Crippen LogP contribution in [0.4, 0.5) is 4.79 Å². The van der Waals surface area contributed by atoms with Crippen molar-refractivity contribution in [2.24, 2.45) is 0 Å². The number of ether oxygens (including phenoxy) is 2. The molecule has 2 aliphatic rings. The molecule has 27 heavy (non-hydrogen) atoms. The van der Waals surface area contributed by atoms with Crippen LogP contribution in [0.15, 0.2) is 35.5 Å². The van der Waals surface area contributed by atoms with Crippen LogP contribution in [0.3, 0.4) is 0 Å². The number of piperidine rings is 1. The van der Waals surface area contributed by atoms with E-state index in [0.29, 0.717) is 23.9 Å². The molecule has 3 atom stereocenters. The second kappa shape index (κ2) is 8.43. The first-order valence-electron chi connectivity index (χ1n) is 9.41. The van der Waals surface area contributed by atoms with E-state index in [-0.39, 0.29) is 6.03 Å². The Bertz CT molecular complexity index is 729. The predicted octanol–water partition coefficient (Wildman–Crippen LogP) is 0.934. The second-order valence-corrected chi connectivity index (χ2v) is 7.17. The molecule has 0 bridgehead atoms. The highest BCUT2D eigenvalue weighted by molar-refractivity contribution is 5.95. The normalized spacial score (nSPS) is 25.4. The zero-order valence-corrected chi connectivity index (χ0v) is 16.1. The third kappa shape index (κ3) is 4.24. The Morgan fingerprint density at radius 2 is 1.96 bits per heavy atom. The minimum atomic E-state index is -0.549. The van der Waals surface area contributed by atoms with E-state index in [4.69, 9.17) is 9.47 Å². The van der Waals surface area contributed by atoms with E-state index in [2.05, 4.69) is 17.6 Å². The number of methoxy groups -OCH3 is 2. The van der Waals surface area contributed by atoms with Crippen molar-refractivity contribution >= 4 is 12.0 Å². The number of amides is 2. The van der Waals surface area contributed by atoms with Gasteiger partial charge in [-0.15, -0.1) is 0 Å². The van der Waals surface area contributed by atoms with Crippen LogP contribution in [0.2, 0.25) is 0 Å². The standard InChI is InChI=1S/C20H27N3O4/c1-13-6-4-5-11-23(13)12-16-17(19(24)27-3)18(22-20(25)21-16)14-7-9-15(26-2)10-8-14/h7-10,13,18H,4-6,11-12H2,1-3H3,(H2,21,22,25)/p+1/t13-,18+/m1/s1. The summed E-state index contributed by atoms with van der Waals surface area (Å²) in [6.45, 7) is 3.86. The van der Waals surface area contributed by atoms with Crippen molar-refractivity contribution < 1.29 is 24.0 Å². The molecule has 3 N–H and O–H groups in total. The Balaban J connectivity index is 1.97. The largest absolute Gasteiger partial charge is 0.497 e. The number of hydrogen-bond donors (Lipinski definition) is 3. The monoisotopic (exact) mass is 374 g/mol. The Labute approximate surface area is 159 Å². The first kappa shape index (κ1) is 19.2. The topological polar surface area (TPSA) is 81.1 Å². The molecule has 2 amide bonds. The zero-order valence-electron chi connectivity index (χ0n) is 16.1. The van der Waals surface area contributed by atoms with Gasteiger partial charge in [0, 0.05) is 0 Å². The molecule has 2 heterocycles. The first-order valence-corrected chi connectivity index (χ1v) is 9.41. The highest BCUT2D eigenvalue weighted by atomic mass is 16.5. The van der Waals surface area contributed by atoms with Gasteiger partial charge in [0.2, 0.25) is 0 Å². The van der Waals surface area contributed by atoms with E-state index in [1.54, 1.807) is 7.11 Å². The Kier molecular flexibility index (Phi) is 6.01. The summed E-state index contributed by atoms with van der Waals surface area (Å²) in [5.41, 5.74) is 1.92. The van der Waals surface area contributed by atoms with Gasteiger partial charge < -0.3 is 25.0 Å². The third-order valence-corrected chi connectivity index (χ3v) is 5.49. The molecule has 1 saturated heterocycles. The number of quaternary nitrogens is 1. The van der Waals surface area contributed by atoms with Crippen molar-refractivity contribution in [3.8, 4) is 5.75 Å². The molecule has 7 heteroatoms. The molecule has 0 spiro atoms. The van der Waals surface area contributed by atoms with E-state index >= 15 is 0 Å². The van der Waals surface area contributed by atoms with E-state index in [1.807, 2.05) is 24.3 Å². The lowest BCUT2D eigenvalue weighted by molar-refractivity contribution is -0.924. The number of nitrogens with one attached hydrogen (secondary N) is 3. The fraction of sp³-hybridized carbons (Fsp3) is 0.500. The molecule has 1 aromatic carbocycles. The van der Waals surface area contributed by atoms with E-state index in [9.17, 15) is 9.59 Å². The number of benzene rings is 1. The highest BCUT2D eigenvalue weighted by Gasteiger charge is 2.36. The van der Waals surface area contributed by atoms with Crippen LogP contribution in [0.1, 0.15) is 37.8 Å². The molecule has 0 saturated carbocycles. The van der Waals surface area contributed by atoms with Crippen molar-refractivity contribution in [1.29, 1.82) is 0 Å². The van der Waals surface area contributed by atoms with E-state index in [0.717, 1.165) is 30.7 Å². The van der Waals surface area contributed by atoms with Gasteiger partial charge in [-0.2, -0.15) is 0 Å². The van der Waals surface area contributed by atoms with Gasteiger partial charge in [0.1, 0.15) is 12.3 Å². The van der Waals surface area contributed by atoms with Crippen molar-refractivity contribution in [2.75, 3.05) is 27.3 Å². The van der Waals surface area contributed by atoms with Gasteiger partial charge in [0.15, 0.2) is 0 Å². The molecule has 146 valence electrons. The molecular weight excluding hydrogens is 346 g/mol. The van der Waals surface area contributed by atoms with Crippen LogP contribution in [-0.4, -0.2) is 45.4 Å². The summed E-state index contributed by atoms with van der Waals surface area (Å²) >= 11 is 0. The molecule has 0 radical (unpaired) electrons. The average molecular weight is 374 g/mol. The van der Waals surface area contributed by atoms with Gasteiger partial charge in [0.25, 0.3) is 0 Å². The summed E-state index contributed by atoms with van der Waals surface area (Å²) in [7, 11) is 2.96. The number of carbonyl (C=O) groups excluding carboxylic acids is 2. The van der Waals surface area contributed by atoms with Crippen LogP contribution >= 0.6 is 0 Å². The van der Waals surface area contributed by atoms with Gasteiger partial charge in [-0.05, 0) is 43.9 Å². The van der Waals surface area contributed by atoms with Crippen LogP contribution < -0.4 is 20.3 Å². The molecule has 3 rings (SSSR count). The summed E-state index contributed by atoms with van der Waals surface area (Å²) < 4.78 is 10.2. The van der Waals surface area contributed by atoms with Crippen molar-refractivity contribution in [1.82, 2.24) is 10.6 Å². The fourth-order valence-electron chi connectivity index (χ4n) is 3.90. The maximum absolute atomic E-state index is 12.6. The molecule has 0 aromatic heterocycles. The summed E-state index contributed by atoms with van der Waals surface area (Å²) in [5, 5.41) is 5.71. The first-order chi connectivity index (χ1) is 13.0. The average Bonchev–Trinajstić information content (AvgIpc) is 2.69. The SMILES string of the molecule is COC(=O)C1=C(C[NH+]2CCCC[C@H]2C)NC(=O)N[C@H]1c1ccc(OC)cc1. The predicted molar refractivity (Wildman–Crippen MR) is 100 cm³/mol. The summed E-state index contributed by atoms with van der Waals surface area (Å²) in [6, 6.07) is 6.98. The van der Waals surface area contributed by atoms with Crippen molar-refractivity contribution in [2.45, 2.75) is 38.3 Å². The molecule has 1 aromatic rings. The van der Waals surface area contributed by atoms with Crippen molar-refractivity contribution in [3.05, 3.63) is 41.1 Å². The maximum atomic E-state index is 12.6. The van der Waals surface area contributed by atoms with Crippen LogP contribution in [-0.2, 0) is 9.53 Å². The fourth-order valence-corrected chi connectivity index (χ4v) is 3.90. The zero-order chi connectivity index (χ0) is 19.4. The lowest BCUT2D eigenvalue weighted by atomic mass is 9.94. The number of hydrogen-bond acceptors (Lipinski definition) is 4. The Hall–Kier alpha value is -2.54. The van der Waals surface area contributed by atoms with Gasteiger partial charge in [-0.3, -0.25) is 0 Å². The minimum Gasteiger partial charge on any atom is -0.497 e. The van der Waals surface area contributed by atoms with Gasteiger partial charge in [-0.1, -0.05) is 12.1 Å². The summed E-state index contributed by atoms with van der Waals surface area (Å²) in [4.78, 5) is 26.3. The number of urea groups is 1. The smallest absolute Gasteiger partial charge is 0.338 e. The molecule has 1 fully saturated rings. The molecule has 0 aliphatic carbocycles. The highest BCUT2D eigenvalue weighted by Crippen LogP contribution is 2.28. The second-order valence-electron chi connectivity index (χ2n) is 7.17. The number of likely N-dealkylation sites (tertiary alicyclic amines) is 1. The van der Waals surface area contributed by atoms with E-state index < -0.39 is 12.0 Å². The molecular formula is C20H28N3O4+. The van der Waals surface area contributed by atoms with Gasteiger partial charge in [0.05, 0.1) is 44.1 Å². The van der Waals surface area contributed by atoms with Gasteiger partial charge in [-0.25, -0.2) is 9.59 Å². The summed E-state index contributed by atoms with van der Waals surface area (Å²) in [5.74, 6) is 0.289.